The number of thioether (sulfide) groups is 1. The van der Waals surface area contributed by atoms with Crippen molar-refractivity contribution < 1.29 is 23.9 Å². The number of esters is 2. The number of carbonyl (C=O) groups excluding carboxylic acids is 3. The van der Waals surface area contributed by atoms with E-state index in [0.29, 0.717) is 23.1 Å². The van der Waals surface area contributed by atoms with Gasteiger partial charge >= 0.3 is 11.9 Å². The molecule has 4 aromatic rings. The first-order valence-electron chi connectivity index (χ1n) is 11.8. The zero-order valence-corrected chi connectivity index (χ0v) is 23.6. The number of anilines is 1. The zero-order chi connectivity index (χ0) is 27.2. The maximum absolute atomic E-state index is 12.9. The standard InChI is InChI=1S/C26H26N4O5S3/c1-5-12-30-22(17-13-36-18-11-9-8-10-16(17)18)28-29-26(30)37-14-19(31)27-23-20(24(32)34-6-2)15(4)21(38-23)25(33)35-7-3/h5,8-11,13H,1,6-7,12,14H2,2-4H3,(H,27,31). The molecule has 1 amide bonds. The summed E-state index contributed by atoms with van der Waals surface area (Å²) >= 11 is 3.84. The molecule has 3 aromatic heterocycles. The Labute approximate surface area is 231 Å². The highest BCUT2D eigenvalue weighted by molar-refractivity contribution is 7.99. The Morgan fingerprint density at radius 2 is 1.87 bits per heavy atom. The van der Waals surface area contributed by atoms with Crippen LogP contribution < -0.4 is 5.32 Å². The molecule has 0 fully saturated rings. The van der Waals surface area contributed by atoms with Gasteiger partial charge in [-0.1, -0.05) is 36.0 Å². The lowest BCUT2D eigenvalue weighted by Gasteiger charge is -2.08. The van der Waals surface area contributed by atoms with Gasteiger partial charge < -0.3 is 14.8 Å². The number of thiophene rings is 2. The SMILES string of the molecule is C=CCn1c(SCC(=O)Nc2sc(C(=O)OCC)c(C)c2C(=O)OCC)nnc1-c1csc2ccccc12. The fourth-order valence-electron chi connectivity index (χ4n) is 3.77. The first-order valence-corrected chi connectivity index (χ1v) is 14.5. The summed E-state index contributed by atoms with van der Waals surface area (Å²) in [5, 5.41) is 15.4. The molecule has 1 aromatic carbocycles. The van der Waals surface area contributed by atoms with Gasteiger partial charge in [0.15, 0.2) is 11.0 Å². The number of rotatable bonds is 11. The summed E-state index contributed by atoms with van der Waals surface area (Å²) in [6.07, 6.45) is 1.75. The number of nitrogens with one attached hydrogen (secondary N) is 1. The average molecular weight is 571 g/mol. The van der Waals surface area contributed by atoms with E-state index in [0.717, 1.165) is 27.0 Å². The minimum absolute atomic E-state index is 0.00755. The smallest absolute Gasteiger partial charge is 0.348 e. The summed E-state index contributed by atoms with van der Waals surface area (Å²) in [4.78, 5) is 38.2. The van der Waals surface area contributed by atoms with Crippen molar-refractivity contribution in [3.63, 3.8) is 0 Å². The fourth-order valence-corrected chi connectivity index (χ4v) is 6.57. The van der Waals surface area contributed by atoms with Crippen LogP contribution in [0, 0.1) is 6.92 Å². The number of fused-ring (bicyclic) bond motifs is 1. The van der Waals surface area contributed by atoms with E-state index >= 15 is 0 Å². The van der Waals surface area contributed by atoms with Gasteiger partial charge in [0.05, 0.1) is 24.5 Å². The Morgan fingerprint density at radius 3 is 2.61 bits per heavy atom. The lowest BCUT2D eigenvalue weighted by atomic mass is 10.1. The maximum Gasteiger partial charge on any atom is 0.348 e. The number of allylic oxidation sites excluding steroid dienone is 1. The zero-order valence-electron chi connectivity index (χ0n) is 21.1. The molecular weight excluding hydrogens is 545 g/mol. The second-order valence-electron chi connectivity index (χ2n) is 7.89. The third kappa shape index (κ3) is 5.66. The van der Waals surface area contributed by atoms with Crippen LogP contribution in [0.5, 0.6) is 0 Å². The van der Waals surface area contributed by atoms with E-state index in [4.69, 9.17) is 9.47 Å². The van der Waals surface area contributed by atoms with E-state index in [1.807, 2.05) is 28.1 Å². The molecule has 0 atom stereocenters. The summed E-state index contributed by atoms with van der Waals surface area (Å²) in [6.45, 7) is 9.69. The Morgan fingerprint density at radius 1 is 1.13 bits per heavy atom. The van der Waals surface area contributed by atoms with Crippen LogP contribution in [0.2, 0.25) is 0 Å². The Hall–Kier alpha value is -3.48. The number of hydrogen-bond acceptors (Lipinski definition) is 10. The van der Waals surface area contributed by atoms with Crippen LogP contribution in [0.25, 0.3) is 21.5 Å². The summed E-state index contributed by atoms with van der Waals surface area (Å²) < 4.78 is 13.3. The van der Waals surface area contributed by atoms with Gasteiger partial charge in [-0.25, -0.2) is 9.59 Å². The molecule has 0 aliphatic rings. The number of aromatic nitrogens is 3. The summed E-state index contributed by atoms with van der Waals surface area (Å²) in [5.41, 5.74) is 1.53. The third-order valence-electron chi connectivity index (χ3n) is 5.42. The molecule has 0 saturated carbocycles. The molecule has 0 aliphatic carbocycles. The van der Waals surface area contributed by atoms with Crippen molar-refractivity contribution in [3.8, 4) is 11.4 Å². The molecule has 198 valence electrons. The minimum Gasteiger partial charge on any atom is -0.462 e. The summed E-state index contributed by atoms with van der Waals surface area (Å²) in [7, 11) is 0. The van der Waals surface area contributed by atoms with Gasteiger partial charge in [-0.2, -0.15) is 0 Å². The predicted molar refractivity (Wildman–Crippen MR) is 151 cm³/mol. The van der Waals surface area contributed by atoms with E-state index in [1.165, 1.54) is 11.8 Å². The predicted octanol–water partition coefficient (Wildman–Crippen LogP) is 5.80. The van der Waals surface area contributed by atoms with E-state index in [9.17, 15) is 14.4 Å². The van der Waals surface area contributed by atoms with Crippen LogP contribution in [0.4, 0.5) is 5.00 Å². The van der Waals surface area contributed by atoms with Crippen molar-refractivity contribution in [1.29, 1.82) is 0 Å². The van der Waals surface area contributed by atoms with Crippen molar-refractivity contribution in [2.45, 2.75) is 32.5 Å². The van der Waals surface area contributed by atoms with Gasteiger partial charge in [-0.15, -0.1) is 39.4 Å². The molecule has 0 bridgehead atoms. The molecule has 12 heteroatoms. The van der Waals surface area contributed by atoms with Crippen molar-refractivity contribution >= 4 is 67.4 Å². The second-order valence-corrected chi connectivity index (χ2v) is 10.8. The van der Waals surface area contributed by atoms with Crippen LogP contribution in [-0.2, 0) is 20.8 Å². The third-order valence-corrected chi connectivity index (χ3v) is 8.54. The lowest BCUT2D eigenvalue weighted by molar-refractivity contribution is -0.113. The highest BCUT2D eigenvalue weighted by atomic mass is 32.2. The first kappa shape index (κ1) is 27.6. The first-order chi connectivity index (χ1) is 18.4. The van der Waals surface area contributed by atoms with Crippen LogP contribution in [-0.4, -0.2) is 51.6 Å². The largest absolute Gasteiger partial charge is 0.462 e. The van der Waals surface area contributed by atoms with Crippen LogP contribution in [0.3, 0.4) is 0 Å². The second kappa shape index (κ2) is 12.4. The monoisotopic (exact) mass is 570 g/mol. The average Bonchev–Trinajstić information content (AvgIpc) is 3.58. The van der Waals surface area contributed by atoms with E-state index in [-0.39, 0.29) is 40.3 Å². The van der Waals surface area contributed by atoms with E-state index in [2.05, 4.69) is 28.2 Å². The Bertz CT molecular complexity index is 1500. The number of benzene rings is 1. The van der Waals surface area contributed by atoms with Crippen molar-refractivity contribution in [2.24, 2.45) is 0 Å². The number of nitrogens with zero attached hydrogens (tertiary/aromatic N) is 3. The fraction of sp³-hybridized carbons (Fsp3) is 0.269. The number of amides is 1. The molecule has 0 unspecified atom stereocenters. The highest BCUT2D eigenvalue weighted by Gasteiger charge is 2.27. The van der Waals surface area contributed by atoms with Crippen molar-refractivity contribution in [3.05, 3.63) is 58.3 Å². The molecule has 0 spiro atoms. The van der Waals surface area contributed by atoms with E-state index < -0.39 is 11.9 Å². The Balaban J connectivity index is 1.55. The van der Waals surface area contributed by atoms with Gasteiger partial charge in [0.25, 0.3) is 0 Å². The Kier molecular flexibility index (Phi) is 8.97. The highest BCUT2D eigenvalue weighted by Crippen LogP contribution is 2.36. The molecule has 4 rings (SSSR count). The van der Waals surface area contributed by atoms with Gasteiger partial charge in [0, 0.05) is 27.6 Å². The molecule has 9 nitrogen and oxygen atoms in total. The summed E-state index contributed by atoms with van der Waals surface area (Å²) in [5.74, 6) is -0.830. The number of ether oxygens (including phenoxy) is 2. The number of carbonyl (C=O) groups is 3. The van der Waals surface area contributed by atoms with Gasteiger partial charge in [-0.05, 0) is 32.4 Å². The molecule has 0 aliphatic heterocycles. The molecular formula is C26H26N4O5S3. The van der Waals surface area contributed by atoms with Crippen LogP contribution >= 0.6 is 34.4 Å². The molecule has 1 N–H and O–H groups in total. The normalized spacial score (nSPS) is 10.9. The lowest BCUT2D eigenvalue weighted by Crippen LogP contribution is -2.17. The number of hydrogen-bond donors (Lipinski definition) is 1. The summed E-state index contributed by atoms with van der Waals surface area (Å²) in [6, 6.07) is 8.08. The van der Waals surface area contributed by atoms with E-state index in [1.54, 1.807) is 38.2 Å². The maximum atomic E-state index is 12.9. The van der Waals surface area contributed by atoms with Gasteiger partial charge in [0.1, 0.15) is 9.88 Å². The van der Waals surface area contributed by atoms with Crippen LogP contribution in [0.1, 0.15) is 39.4 Å². The quantitative estimate of drug-likeness (QED) is 0.137. The van der Waals surface area contributed by atoms with Gasteiger partial charge in [0.2, 0.25) is 5.91 Å². The van der Waals surface area contributed by atoms with Crippen LogP contribution in [0.15, 0.2) is 47.5 Å². The molecule has 0 radical (unpaired) electrons. The molecule has 0 saturated heterocycles. The van der Waals surface area contributed by atoms with Gasteiger partial charge in [-0.3, -0.25) is 9.36 Å². The van der Waals surface area contributed by atoms with Crippen molar-refractivity contribution in [1.82, 2.24) is 14.8 Å². The van der Waals surface area contributed by atoms with Crippen molar-refractivity contribution in [2.75, 3.05) is 24.3 Å². The molecule has 38 heavy (non-hydrogen) atoms. The molecule has 3 heterocycles. The minimum atomic E-state index is -0.613. The topological polar surface area (TPSA) is 112 Å².